The average Bonchev–Trinajstić information content (AvgIpc) is 2.41. The molecule has 1 heterocycles. The Morgan fingerprint density at radius 3 is 2.85 bits per heavy atom. The number of amides is 1. The van der Waals surface area contributed by atoms with Gasteiger partial charge in [0.1, 0.15) is 5.02 Å². The van der Waals surface area contributed by atoms with E-state index in [0.717, 1.165) is 19.3 Å². The van der Waals surface area contributed by atoms with Crippen molar-refractivity contribution in [3.8, 4) is 0 Å². The predicted octanol–water partition coefficient (Wildman–Crippen LogP) is 1.76. The second-order valence-electron chi connectivity index (χ2n) is 4.60. The molecule has 0 aliphatic rings. The Balaban J connectivity index is 2.53. The number of unbranched alkanes of at least 4 members (excludes halogenated alkanes) is 2. The highest BCUT2D eigenvalue weighted by Crippen LogP contribution is 2.15. The van der Waals surface area contributed by atoms with Crippen molar-refractivity contribution < 1.29 is 4.79 Å². The Morgan fingerprint density at radius 2 is 2.20 bits per heavy atom. The summed E-state index contributed by atoms with van der Waals surface area (Å²) in [6, 6.07) is 0. The summed E-state index contributed by atoms with van der Waals surface area (Å²) in [6.45, 7) is 3.25. The maximum atomic E-state index is 11.9. The number of nitrogens with two attached hydrogens (primary N) is 1. The number of aryl methyl sites for hydroxylation is 1. The molecule has 0 saturated carbocycles. The van der Waals surface area contributed by atoms with Gasteiger partial charge in [0.2, 0.25) is 5.91 Å². The molecule has 1 aromatic rings. The number of halogens is 1. The van der Waals surface area contributed by atoms with Crippen LogP contribution in [0.25, 0.3) is 0 Å². The van der Waals surface area contributed by atoms with Crippen molar-refractivity contribution in [1.82, 2.24) is 9.78 Å². The van der Waals surface area contributed by atoms with Crippen molar-refractivity contribution in [2.75, 3.05) is 11.9 Å². The van der Waals surface area contributed by atoms with Crippen LogP contribution in [-0.4, -0.2) is 22.2 Å². The van der Waals surface area contributed by atoms with Crippen LogP contribution in [0.2, 0.25) is 5.02 Å². The zero-order chi connectivity index (χ0) is 15.0. The summed E-state index contributed by atoms with van der Waals surface area (Å²) in [5.41, 5.74) is 5.31. The Bertz CT molecular complexity index is 502. The second kappa shape index (κ2) is 8.58. The number of aromatic nitrogens is 2. The fourth-order valence-corrected chi connectivity index (χ4v) is 1.92. The van der Waals surface area contributed by atoms with Crippen molar-refractivity contribution in [2.24, 2.45) is 5.73 Å². The Morgan fingerprint density at radius 1 is 1.45 bits per heavy atom. The molecule has 0 unspecified atom stereocenters. The standard InChI is InChI=1S/C13H21ClN4O2/c1-2-3-8-18-13(20)12(14)10(9-17-18)16-7-5-4-6-11(15)19/h9,16H,2-8H2,1H3,(H2,15,19). The van der Waals surface area contributed by atoms with Gasteiger partial charge < -0.3 is 11.1 Å². The van der Waals surface area contributed by atoms with E-state index in [1.54, 1.807) is 6.20 Å². The SMILES string of the molecule is CCCCn1ncc(NCCCCC(N)=O)c(Cl)c1=O. The summed E-state index contributed by atoms with van der Waals surface area (Å²) < 4.78 is 1.38. The van der Waals surface area contributed by atoms with Gasteiger partial charge in [-0.2, -0.15) is 5.10 Å². The number of nitrogens with one attached hydrogen (secondary N) is 1. The molecule has 112 valence electrons. The van der Waals surface area contributed by atoms with E-state index in [9.17, 15) is 9.59 Å². The van der Waals surface area contributed by atoms with Gasteiger partial charge in [-0.3, -0.25) is 9.59 Å². The van der Waals surface area contributed by atoms with Crippen LogP contribution in [-0.2, 0) is 11.3 Å². The quantitative estimate of drug-likeness (QED) is 0.680. The van der Waals surface area contributed by atoms with E-state index in [0.29, 0.717) is 31.6 Å². The number of carbonyl (C=O) groups is 1. The average molecular weight is 301 g/mol. The second-order valence-corrected chi connectivity index (χ2v) is 4.98. The van der Waals surface area contributed by atoms with Gasteiger partial charge in [-0.25, -0.2) is 4.68 Å². The monoisotopic (exact) mass is 300 g/mol. The van der Waals surface area contributed by atoms with Crippen LogP contribution >= 0.6 is 11.6 Å². The highest BCUT2D eigenvalue weighted by atomic mass is 35.5. The largest absolute Gasteiger partial charge is 0.382 e. The maximum absolute atomic E-state index is 11.9. The summed E-state index contributed by atoms with van der Waals surface area (Å²) in [6.07, 6.45) is 5.30. The first-order chi connectivity index (χ1) is 9.56. The zero-order valence-electron chi connectivity index (χ0n) is 11.7. The summed E-state index contributed by atoms with van der Waals surface area (Å²) in [7, 11) is 0. The molecule has 3 N–H and O–H groups in total. The van der Waals surface area contributed by atoms with Gasteiger partial charge in [-0.1, -0.05) is 24.9 Å². The summed E-state index contributed by atoms with van der Waals surface area (Å²) in [4.78, 5) is 22.5. The summed E-state index contributed by atoms with van der Waals surface area (Å²) >= 11 is 6.03. The van der Waals surface area contributed by atoms with E-state index < -0.39 is 0 Å². The molecule has 0 aromatic carbocycles. The first-order valence-corrected chi connectivity index (χ1v) is 7.21. The van der Waals surface area contributed by atoms with Crippen molar-refractivity contribution in [3.05, 3.63) is 21.6 Å². The molecule has 6 nitrogen and oxygen atoms in total. The molecule has 20 heavy (non-hydrogen) atoms. The summed E-state index contributed by atoms with van der Waals surface area (Å²) in [5.74, 6) is -0.303. The minimum atomic E-state index is -0.303. The number of hydrogen-bond acceptors (Lipinski definition) is 4. The molecule has 1 aromatic heterocycles. The third-order valence-corrected chi connectivity index (χ3v) is 3.24. The molecule has 7 heteroatoms. The molecular weight excluding hydrogens is 280 g/mol. The van der Waals surface area contributed by atoms with Gasteiger partial charge in [0.15, 0.2) is 0 Å². The number of rotatable bonds is 9. The van der Waals surface area contributed by atoms with Crippen molar-refractivity contribution in [3.63, 3.8) is 0 Å². The van der Waals surface area contributed by atoms with Gasteiger partial charge in [0, 0.05) is 19.5 Å². The fourth-order valence-electron chi connectivity index (χ4n) is 1.70. The van der Waals surface area contributed by atoms with Gasteiger partial charge in [-0.15, -0.1) is 0 Å². The highest BCUT2D eigenvalue weighted by Gasteiger charge is 2.08. The van der Waals surface area contributed by atoms with Gasteiger partial charge in [-0.05, 0) is 19.3 Å². The maximum Gasteiger partial charge on any atom is 0.287 e. The normalized spacial score (nSPS) is 10.5. The molecule has 0 fully saturated rings. The summed E-state index contributed by atoms with van der Waals surface area (Å²) in [5, 5.41) is 7.30. The van der Waals surface area contributed by atoms with Crippen molar-refractivity contribution in [1.29, 1.82) is 0 Å². The number of primary amides is 1. The lowest BCUT2D eigenvalue weighted by Crippen LogP contribution is -2.24. The Hall–Kier alpha value is -1.56. The van der Waals surface area contributed by atoms with E-state index in [-0.39, 0.29) is 16.5 Å². The molecule has 1 rings (SSSR count). The van der Waals surface area contributed by atoms with E-state index in [4.69, 9.17) is 17.3 Å². The van der Waals surface area contributed by atoms with Gasteiger partial charge >= 0.3 is 0 Å². The lowest BCUT2D eigenvalue weighted by Gasteiger charge is -2.09. The lowest BCUT2D eigenvalue weighted by molar-refractivity contribution is -0.118. The van der Waals surface area contributed by atoms with E-state index >= 15 is 0 Å². The molecule has 0 aliphatic heterocycles. The van der Waals surface area contributed by atoms with Crippen LogP contribution in [0, 0.1) is 0 Å². The predicted molar refractivity (Wildman–Crippen MR) is 80.0 cm³/mol. The van der Waals surface area contributed by atoms with Crippen LogP contribution < -0.4 is 16.6 Å². The molecule has 0 radical (unpaired) electrons. The minimum Gasteiger partial charge on any atom is -0.382 e. The minimum absolute atomic E-state index is 0.158. The molecule has 0 spiro atoms. The van der Waals surface area contributed by atoms with Crippen molar-refractivity contribution >= 4 is 23.2 Å². The Kier molecular flexibility index (Phi) is 7.08. The highest BCUT2D eigenvalue weighted by molar-refractivity contribution is 6.32. The topological polar surface area (TPSA) is 90.0 Å². The van der Waals surface area contributed by atoms with E-state index in [2.05, 4.69) is 17.3 Å². The fraction of sp³-hybridized carbons (Fsp3) is 0.615. The molecule has 0 bridgehead atoms. The van der Waals surface area contributed by atoms with E-state index in [1.165, 1.54) is 4.68 Å². The van der Waals surface area contributed by atoms with E-state index in [1.807, 2.05) is 0 Å². The molecule has 0 saturated heterocycles. The van der Waals surface area contributed by atoms with Crippen LogP contribution in [0.1, 0.15) is 39.0 Å². The number of carbonyl (C=O) groups excluding carboxylic acids is 1. The van der Waals surface area contributed by atoms with Crippen LogP contribution in [0.3, 0.4) is 0 Å². The Labute approximate surface area is 123 Å². The molecule has 0 atom stereocenters. The zero-order valence-corrected chi connectivity index (χ0v) is 12.4. The number of nitrogens with zero attached hydrogens (tertiary/aromatic N) is 2. The van der Waals surface area contributed by atoms with Gasteiger partial charge in [0.25, 0.3) is 5.56 Å². The smallest absolute Gasteiger partial charge is 0.287 e. The van der Waals surface area contributed by atoms with Crippen LogP contribution in [0.4, 0.5) is 5.69 Å². The van der Waals surface area contributed by atoms with Crippen LogP contribution in [0.15, 0.2) is 11.0 Å². The first kappa shape index (κ1) is 16.5. The molecule has 1 amide bonds. The lowest BCUT2D eigenvalue weighted by atomic mass is 10.2. The third-order valence-electron chi connectivity index (χ3n) is 2.87. The third kappa shape index (κ3) is 5.21. The molecule has 0 aliphatic carbocycles. The molecular formula is C13H21ClN4O2. The number of anilines is 1. The van der Waals surface area contributed by atoms with Crippen LogP contribution in [0.5, 0.6) is 0 Å². The first-order valence-electron chi connectivity index (χ1n) is 6.84. The number of hydrogen-bond donors (Lipinski definition) is 2. The van der Waals surface area contributed by atoms with Gasteiger partial charge in [0.05, 0.1) is 11.9 Å². The van der Waals surface area contributed by atoms with Crippen molar-refractivity contribution in [2.45, 2.75) is 45.6 Å².